The molecule has 2 aromatic rings. The second-order valence-corrected chi connectivity index (χ2v) is 3.39. The molecule has 1 aromatic carbocycles. The molecule has 0 aliphatic carbocycles. The molecule has 16 heavy (non-hydrogen) atoms. The predicted octanol–water partition coefficient (Wildman–Crippen LogP) is 2.84. The summed E-state index contributed by atoms with van der Waals surface area (Å²) in [5.74, 6) is 0. The van der Waals surface area contributed by atoms with Gasteiger partial charge in [-0.15, -0.1) is 5.11 Å². The van der Waals surface area contributed by atoms with E-state index in [1.165, 1.54) is 12.4 Å². The zero-order valence-electron chi connectivity index (χ0n) is 8.09. The molecule has 0 spiro atoms. The monoisotopic (exact) mass is 234 g/mol. The van der Waals surface area contributed by atoms with E-state index in [2.05, 4.69) is 20.2 Å². The molecule has 6 heteroatoms. The second-order valence-electron chi connectivity index (χ2n) is 2.95. The van der Waals surface area contributed by atoms with Gasteiger partial charge in [0.25, 0.3) is 0 Å². The number of hydrogen-bond donors (Lipinski definition) is 1. The summed E-state index contributed by atoms with van der Waals surface area (Å²) in [4.78, 5) is 16.6. The van der Waals surface area contributed by atoms with Gasteiger partial charge in [-0.3, -0.25) is 0 Å². The molecule has 0 saturated carbocycles. The van der Waals surface area contributed by atoms with Crippen LogP contribution in [0.2, 0.25) is 5.02 Å². The highest BCUT2D eigenvalue weighted by Gasteiger charge is 1.91. The van der Waals surface area contributed by atoms with E-state index in [1.807, 2.05) is 0 Å². The van der Waals surface area contributed by atoms with E-state index in [0.29, 0.717) is 16.4 Å². The number of benzene rings is 1. The molecule has 1 heterocycles. The lowest BCUT2D eigenvalue weighted by molar-refractivity contribution is 1.05. The van der Waals surface area contributed by atoms with Crippen molar-refractivity contribution < 1.29 is 0 Å². The zero-order chi connectivity index (χ0) is 11.4. The van der Waals surface area contributed by atoms with Crippen molar-refractivity contribution in [2.45, 2.75) is 0 Å². The van der Waals surface area contributed by atoms with Gasteiger partial charge < -0.3 is 4.98 Å². The van der Waals surface area contributed by atoms with Crippen LogP contribution in [0, 0.1) is 0 Å². The van der Waals surface area contributed by atoms with Gasteiger partial charge in [-0.2, -0.15) is 10.1 Å². The van der Waals surface area contributed by atoms with Gasteiger partial charge in [0.05, 0.1) is 11.9 Å². The largest absolute Gasteiger partial charge is 0.345 e. The highest BCUT2D eigenvalue weighted by molar-refractivity contribution is 6.30. The molecule has 0 aliphatic rings. The first-order chi connectivity index (χ1) is 7.74. The maximum Gasteiger partial charge on any atom is 0.345 e. The molecule has 80 valence electrons. The summed E-state index contributed by atoms with van der Waals surface area (Å²) in [6.07, 6.45) is 2.78. The molecule has 0 radical (unpaired) electrons. The standard InChI is InChI=1S/C10H7ClN4O/c11-7-1-3-8(4-2-7)14-15-9-5-12-10(16)13-6-9/h1-6H,(H,12,13,16). The quantitative estimate of drug-likeness (QED) is 0.812. The van der Waals surface area contributed by atoms with Gasteiger partial charge in [0, 0.05) is 11.2 Å². The lowest BCUT2D eigenvalue weighted by Crippen LogP contribution is -2.06. The Kier molecular flexibility index (Phi) is 3.07. The number of aromatic amines is 1. The van der Waals surface area contributed by atoms with Crippen LogP contribution in [0.25, 0.3) is 0 Å². The zero-order valence-corrected chi connectivity index (χ0v) is 8.85. The summed E-state index contributed by atoms with van der Waals surface area (Å²) in [6.45, 7) is 0. The van der Waals surface area contributed by atoms with Gasteiger partial charge in [-0.1, -0.05) is 11.6 Å². The number of hydrogen-bond acceptors (Lipinski definition) is 4. The summed E-state index contributed by atoms with van der Waals surface area (Å²) >= 11 is 5.72. The molecule has 0 unspecified atom stereocenters. The number of halogens is 1. The van der Waals surface area contributed by atoms with Gasteiger partial charge in [0.1, 0.15) is 5.69 Å². The highest BCUT2D eigenvalue weighted by Crippen LogP contribution is 2.18. The Labute approximate surface area is 95.8 Å². The van der Waals surface area contributed by atoms with Crippen molar-refractivity contribution in [2.24, 2.45) is 10.2 Å². The van der Waals surface area contributed by atoms with E-state index in [-0.39, 0.29) is 0 Å². The van der Waals surface area contributed by atoms with Crippen LogP contribution in [-0.4, -0.2) is 9.97 Å². The normalized spacial score (nSPS) is 10.8. The van der Waals surface area contributed by atoms with Gasteiger partial charge in [0.2, 0.25) is 0 Å². The van der Waals surface area contributed by atoms with Crippen molar-refractivity contribution in [1.82, 2.24) is 9.97 Å². The molecule has 0 saturated heterocycles. The maximum atomic E-state index is 10.7. The SMILES string of the molecule is O=c1ncc(N=Nc2ccc(Cl)cc2)c[nH]1. The van der Waals surface area contributed by atoms with Crippen molar-refractivity contribution in [3.05, 3.63) is 52.2 Å². The number of nitrogens with one attached hydrogen (secondary N) is 1. The third kappa shape index (κ3) is 2.74. The number of aromatic nitrogens is 2. The molecule has 0 fully saturated rings. The first kappa shape index (κ1) is 10.5. The van der Waals surface area contributed by atoms with Gasteiger partial charge >= 0.3 is 5.69 Å². The number of nitrogens with zero attached hydrogens (tertiary/aromatic N) is 3. The fraction of sp³-hybridized carbons (Fsp3) is 0. The minimum absolute atomic E-state index is 0.412. The summed E-state index contributed by atoms with van der Waals surface area (Å²) in [7, 11) is 0. The van der Waals surface area contributed by atoms with E-state index < -0.39 is 5.69 Å². The van der Waals surface area contributed by atoms with E-state index >= 15 is 0 Å². The number of rotatable bonds is 2. The molecule has 1 N–H and O–H groups in total. The maximum absolute atomic E-state index is 10.7. The molecule has 0 bridgehead atoms. The van der Waals surface area contributed by atoms with Crippen molar-refractivity contribution in [2.75, 3.05) is 0 Å². The predicted molar refractivity (Wildman–Crippen MR) is 60.5 cm³/mol. The molecule has 5 nitrogen and oxygen atoms in total. The van der Waals surface area contributed by atoms with Crippen molar-refractivity contribution in [3.63, 3.8) is 0 Å². The summed E-state index contributed by atoms with van der Waals surface area (Å²) < 4.78 is 0. The number of azo groups is 1. The summed E-state index contributed by atoms with van der Waals surface area (Å²) in [5.41, 5.74) is 0.746. The third-order valence-corrected chi connectivity index (χ3v) is 2.02. The van der Waals surface area contributed by atoms with E-state index in [9.17, 15) is 4.79 Å². The molecule has 0 amide bonds. The fourth-order valence-corrected chi connectivity index (χ4v) is 1.14. The minimum Gasteiger partial charge on any atom is -0.310 e. The lowest BCUT2D eigenvalue weighted by atomic mass is 10.3. The Morgan fingerprint density at radius 1 is 1.12 bits per heavy atom. The Bertz CT molecular complexity index is 541. The van der Waals surface area contributed by atoms with Crippen LogP contribution in [-0.2, 0) is 0 Å². The molecular formula is C10H7ClN4O. The van der Waals surface area contributed by atoms with Crippen molar-refractivity contribution in [1.29, 1.82) is 0 Å². The van der Waals surface area contributed by atoms with Crippen LogP contribution < -0.4 is 5.69 Å². The van der Waals surface area contributed by atoms with Crippen LogP contribution in [0.3, 0.4) is 0 Å². The molecule has 0 aliphatic heterocycles. The third-order valence-electron chi connectivity index (χ3n) is 1.77. The van der Waals surface area contributed by atoms with Crippen LogP contribution in [0.4, 0.5) is 11.4 Å². The van der Waals surface area contributed by atoms with Crippen LogP contribution in [0.15, 0.2) is 51.7 Å². The van der Waals surface area contributed by atoms with Crippen LogP contribution in [0.1, 0.15) is 0 Å². The second kappa shape index (κ2) is 4.67. The minimum atomic E-state index is -0.412. The fourth-order valence-electron chi connectivity index (χ4n) is 1.01. The number of H-pyrrole nitrogens is 1. The Balaban J connectivity index is 2.18. The highest BCUT2D eigenvalue weighted by atomic mass is 35.5. The first-order valence-electron chi connectivity index (χ1n) is 4.46. The Morgan fingerprint density at radius 3 is 2.44 bits per heavy atom. The Morgan fingerprint density at radius 2 is 1.81 bits per heavy atom. The molecule has 0 atom stereocenters. The van der Waals surface area contributed by atoms with E-state index in [0.717, 1.165) is 0 Å². The molecule has 1 aromatic heterocycles. The van der Waals surface area contributed by atoms with Crippen LogP contribution in [0.5, 0.6) is 0 Å². The Hall–Kier alpha value is -2.01. The summed E-state index contributed by atoms with van der Waals surface area (Å²) in [6, 6.07) is 6.93. The topological polar surface area (TPSA) is 70.5 Å². The average Bonchev–Trinajstić information content (AvgIpc) is 2.30. The summed E-state index contributed by atoms with van der Waals surface area (Å²) in [5, 5.41) is 8.49. The molecular weight excluding hydrogens is 228 g/mol. The van der Waals surface area contributed by atoms with Crippen molar-refractivity contribution >= 4 is 23.0 Å². The first-order valence-corrected chi connectivity index (χ1v) is 4.84. The van der Waals surface area contributed by atoms with E-state index in [1.54, 1.807) is 24.3 Å². The van der Waals surface area contributed by atoms with Gasteiger partial charge in [-0.05, 0) is 24.3 Å². The van der Waals surface area contributed by atoms with Gasteiger partial charge in [0.15, 0.2) is 0 Å². The smallest absolute Gasteiger partial charge is 0.310 e. The van der Waals surface area contributed by atoms with Gasteiger partial charge in [-0.25, -0.2) is 4.79 Å². The van der Waals surface area contributed by atoms with Crippen LogP contribution >= 0.6 is 11.6 Å². The lowest BCUT2D eigenvalue weighted by Gasteiger charge is -1.92. The van der Waals surface area contributed by atoms with E-state index in [4.69, 9.17) is 11.6 Å². The molecule has 2 rings (SSSR count). The average molecular weight is 235 g/mol. The van der Waals surface area contributed by atoms with Crippen molar-refractivity contribution in [3.8, 4) is 0 Å².